The van der Waals surface area contributed by atoms with Crippen LogP contribution in [-0.4, -0.2) is 25.4 Å². The van der Waals surface area contributed by atoms with Crippen LogP contribution in [0, 0.1) is 0 Å². The third-order valence-corrected chi connectivity index (χ3v) is 3.59. The van der Waals surface area contributed by atoms with Gasteiger partial charge in [0.1, 0.15) is 5.75 Å². The van der Waals surface area contributed by atoms with Crippen LogP contribution in [0.2, 0.25) is 0 Å². The highest BCUT2D eigenvalue weighted by atomic mass is 32.2. The van der Waals surface area contributed by atoms with E-state index in [2.05, 4.69) is 31.3 Å². The molecule has 0 aliphatic heterocycles. The number of methoxy groups -OCH3 is 1. The first-order valence-corrected chi connectivity index (χ1v) is 7.22. The van der Waals surface area contributed by atoms with E-state index >= 15 is 0 Å². The summed E-state index contributed by atoms with van der Waals surface area (Å²) >= 11 is 1.88. The van der Waals surface area contributed by atoms with E-state index in [9.17, 15) is 0 Å². The Morgan fingerprint density at radius 1 is 1.24 bits per heavy atom. The molecule has 0 aromatic heterocycles. The highest BCUT2D eigenvalue weighted by Gasteiger charge is 2.01. The van der Waals surface area contributed by atoms with Crippen molar-refractivity contribution in [2.45, 2.75) is 37.6 Å². The van der Waals surface area contributed by atoms with Gasteiger partial charge in [0, 0.05) is 10.9 Å². The fraction of sp³-hybridized carbons (Fsp3) is 0.571. The molecule has 96 valence electrons. The van der Waals surface area contributed by atoms with Crippen LogP contribution in [0.25, 0.3) is 0 Å². The van der Waals surface area contributed by atoms with Crippen molar-refractivity contribution in [1.82, 2.24) is 5.32 Å². The van der Waals surface area contributed by atoms with Crippen molar-refractivity contribution >= 4 is 11.8 Å². The molecule has 2 nitrogen and oxygen atoms in total. The summed E-state index contributed by atoms with van der Waals surface area (Å²) in [7, 11) is 1.73. The number of benzene rings is 1. The molecule has 0 bridgehead atoms. The number of nitrogens with one attached hydrogen (secondary N) is 1. The first kappa shape index (κ1) is 14.4. The molecule has 1 N–H and O–H groups in total. The summed E-state index contributed by atoms with van der Waals surface area (Å²) in [6.45, 7) is 5.48. The molecule has 0 aliphatic carbocycles. The molecule has 1 aromatic rings. The molecule has 0 unspecified atom stereocenters. The summed E-state index contributed by atoms with van der Waals surface area (Å²) < 4.78 is 5.32. The second-order valence-electron chi connectivity index (χ2n) is 4.32. The van der Waals surface area contributed by atoms with E-state index < -0.39 is 0 Å². The van der Waals surface area contributed by atoms with Crippen molar-refractivity contribution < 1.29 is 4.74 Å². The summed E-state index contributed by atoms with van der Waals surface area (Å²) in [5, 5.41) is 3.43. The van der Waals surface area contributed by atoms with Gasteiger partial charge in [-0.2, -0.15) is 0 Å². The van der Waals surface area contributed by atoms with Crippen LogP contribution in [0.4, 0.5) is 0 Å². The molecule has 0 saturated heterocycles. The molecule has 0 amide bonds. The molecule has 0 spiro atoms. The molecule has 0 radical (unpaired) electrons. The Hall–Kier alpha value is -0.670. The van der Waals surface area contributed by atoms with Gasteiger partial charge in [-0.3, -0.25) is 0 Å². The highest BCUT2D eigenvalue weighted by molar-refractivity contribution is 7.99. The SMILES string of the molecule is COc1ccccc1SCCCCNC(C)C. The molecular weight excluding hydrogens is 230 g/mol. The van der Waals surface area contributed by atoms with Gasteiger partial charge in [-0.05, 0) is 37.3 Å². The molecular formula is C14H23NOS. The predicted molar refractivity (Wildman–Crippen MR) is 76.1 cm³/mol. The molecule has 3 heteroatoms. The topological polar surface area (TPSA) is 21.3 Å². The Bertz CT molecular complexity index is 315. The van der Waals surface area contributed by atoms with E-state index in [-0.39, 0.29) is 0 Å². The fourth-order valence-electron chi connectivity index (χ4n) is 1.54. The molecule has 0 heterocycles. The normalized spacial score (nSPS) is 10.8. The Kier molecular flexibility index (Phi) is 7.13. The van der Waals surface area contributed by atoms with E-state index in [4.69, 9.17) is 4.74 Å². The monoisotopic (exact) mass is 253 g/mol. The van der Waals surface area contributed by atoms with Gasteiger partial charge in [0.2, 0.25) is 0 Å². The van der Waals surface area contributed by atoms with Crippen molar-refractivity contribution in [3.05, 3.63) is 24.3 Å². The molecule has 1 rings (SSSR count). The Labute approximate surface area is 109 Å². The zero-order valence-corrected chi connectivity index (χ0v) is 11.8. The summed E-state index contributed by atoms with van der Waals surface area (Å²) in [4.78, 5) is 1.24. The minimum Gasteiger partial charge on any atom is -0.496 e. The average molecular weight is 253 g/mol. The van der Waals surface area contributed by atoms with Crippen molar-refractivity contribution in [1.29, 1.82) is 0 Å². The lowest BCUT2D eigenvalue weighted by Crippen LogP contribution is -2.23. The number of unbranched alkanes of at least 4 members (excludes halogenated alkanes) is 1. The molecule has 0 saturated carbocycles. The van der Waals surface area contributed by atoms with Gasteiger partial charge in [0.25, 0.3) is 0 Å². The standard InChI is InChI=1S/C14H23NOS/c1-12(2)15-10-6-7-11-17-14-9-5-4-8-13(14)16-3/h4-5,8-9,12,15H,6-7,10-11H2,1-3H3. The summed E-state index contributed by atoms with van der Waals surface area (Å²) in [6.07, 6.45) is 2.47. The van der Waals surface area contributed by atoms with E-state index in [1.54, 1.807) is 7.11 Å². The zero-order valence-electron chi connectivity index (χ0n) is 11.0. The maximum absolute atomic E-state index is 5.32. The largest absolute Gasteiger partial charge is 0.496 e. The summed E-state index contributed by atoms with van der Waals surface area (Å²) in [6, 6.07) is 8.80. The summed E-state index contributed by atoms with van der Waals surface area (Å²) in [5.74, 6) is 2.14. The Balaban J connectivity index is 2.17. The van der Waals surface area contributed by atoms with E-state index in [1.165, 1.54) is 17.7 Å². The fourth-order valence-corrected chi connectivity index (χ4v) is 2.57. The Morgan fingerprint density at radius 3 is 2.71 bits per heavy atom. The van der Waals surface area contributed by atoms with Crippen molar-refractivity contribution in [3.8, 4) is 5.75 Å². The lowest BCUT2D eigenvalue weighted by atomic mass is 10.3. The van der Waals surface area contributed by atoms with Crippen LogP contribution in [-0.2, 0) is 0 Å². The van der Waals surface area contributed by atoms with Crippen LogP contribution >= 0.6 is 11.8 Å². The van der Waals surface area contributed by atoms with E-state index in [0.29, 0.717) is 6.04 Å². The lowest BCUT2D eigenvalue weighted by Gasteiger charge is -2.09. The number of thioether (sulfide) groups is 1. The highest BCUT2D eigenvalue weighted by Crippen LogP contribution is 2.29. The number of ether oxygens (including phenoxy) is 1. The average Bonchev–Trinajstić information content (AvgIpc) is 2.33. The molecule has 0 atom stereocenters. The number of hydrogen-bond acceptors (Lipinski definition) is 3. The van der Waals surface area contributed by atoms with Gasteiger partial charge < -0.3 is 10.1 Å². The van der Waals surface area contributed by atoms with Gasteiger partial charge in [-0.1, -0.05) is 26.0 Å². The maximum Gasteiger partial charge on any atom is 0.132 e. The van der Waals surface area contributed by atoms with Crippen molar-refractivity contribution in [3.63, 3.8) is 0 Å². The van der Waals surface area contributed by atoms with Crippen LogP contribution in [0.3, 0.4) is 0 Å². The number of rotatable bonds is 8. The van der Waals surface area contributed by atoms with Crippen LogP contribution < -0.4 is 10.1 Å². The quantitative estimate of drug-likeness (QED) is 0.565. The zero-order chi connectivity index (χ0) is 12.5. The van der Waals surface area contributed by atoms with Gasteiger partial charge in [-0.15, -0.1) is 11.8 Å². The van der Waals surface area contributed by atoms with Crippen LogP contribution in [0.15, 0.2) is 29.2 Å². The van der Waals surface area contributed by atoms with Gasteiger partial charge in [-0.25, -0.2) is 0 Å². The van der Waals surface area contributed by atoms with Gasteiger partial charge >= 0.3 is 0 Å². The first-order chi connectivity index (χ1) is 8.24. The third-order valence-electron chi connectivity index (χ3n) is 2.45. The van der Waals surface area contributed by atoms with Crippen LogP contribution in [0.5, 0.6) is 5.75 Å². The lowest BCUT2D eigenvalue weighted by molar-refractivity contribution is 0.405. The predicted octanol–water partition coefficient (Wildman–Crippen LogP) is 3.57. The van der Waals surface area contributed by atoms with Crippen molar-refractivity contribution in [2.24, 2.45) is 0 Å². The van der Waals surface area contributed by atoms with Gasteiger partial charge in [0.15, 0.2) is 0 Å². The van der Waals surface area contributed by atoms with E-state index in [1.807, 2.05) is 23.9 Å². The van der Waals surface area contributed by atoms with Gasteiger partial charge in [0.05, 0.1) is 7.11 Å². The molecule has 0 fully saturated rings. The third kappa shape index (κ3) is 5.99. The minimum atomic E-state index is 0.594. The van der Waals surface area contributed by atoms with Crippen LogP contribution in [0.1, 0.15) is 26.7 Å². The minimum absolute atomic E-state index is 0.594. The maximum atomic E-state index is 5.32. The number of para-hydroxylation sites is 1. The molecule has 1 aromatic carbocycles. The first-order valence-electron chi connectivity index (χ1n) is 6.23. The summed E-state index contributed by atoms with van der Waals surface area (Å²) in [5.41, 5.74) is 0. The molecule has 17 heavy (non-hydrogen) atoms. The van der Waals surface area contributed by atoms with Crippen molar-refractivity contribution in [2.75, 3.05) is 19.4 Å². The second-order valence-corrected chi connectivity index (χ2v) is 5.45. The smallest absolute Gasteiger partial charge is 0.132 e. The van der Waals surface area contributed by atoms with E-state index in [0.717, 1.165) is 18.0 Å². The Morgan fingerprint density at radius 2 is 2.00 bits per heavy atom. The number of hydrogen-bond donors (Lipinski definition) is 1. The molecule has 0 aliphatic rings. The second kappa shape index (κ2) is 8.43.